The van der Waals surface area contributed by atoms with Crippen LogP contribution in [0.3, 0.4) is 0 Å². The van der Waals surface area contributed by atoms with Crippen LogP contribution in [0.25, 0.3) is 44.2 Å². The topological polar surface area (TPSA) is 32.0 Å². The Bertz CT molecular complexity index is 2560. The van der Waals surface area contributed by atoms with Gasteiger partial charge in [0.15, 0.2) is 13.9 Å². The minimum absolute atomic E-state index is 0.453. The monoisotopic (exact) mass is 645 g/mol. The van der Waals surface area contributed by atoms with Crippen molar-refractivity contribution in [3.05, 3.63) is 182 Å². The minimum atomic E-state index is -2.69. The van der Waals surface area contributed by atoms with E-state index in [0.29, 0.717) is 6.61 Å². The molecule has 4 nitrogen and oxygen atoms in total. The van der Waals surface area contributed by atoms with Crippen molar-refractivity contribution < 1.29 is 4.74 Å². The zero-order valence-electron chi connectivity index (χ0n) is 26.7. The fraction of sp³-hybridized carbons (Fsp3) is 0.0227. The van der Waals surface area contributed by atoms with Gasteiger partial charge in [0, 0.05) is 16.5 Å². The van der Waals surface area contributed by atoms with Crippen LogP contribution in [0, 0.1) is 0 Å². The molecule has 49 heavy (non-hydrogen) atoms. The van der Waals surface area contributed by atoms with Crippen molar-refractivity contribution in [2.24, 2.45) is 0 Å². The van der Waals surface area contributed by atoms with E-state index in [4.69, 9.17) is 9.72 Å². The first-order chi connectivity index (χ1) is 24.3. The van der Waals surface area contributed by atoms with Gasteiger partial charge in [-0.2, -0.15) is 0 Å². The summed E-state index contributed by atoms with van der Waals surface area (Å²) in [5, 5.41) is 7.95. The number of nitrogens with zero attached hydrogens (tertiary/aromatic N) is 3. The van der Waals surface area contributed by atoms with Gasteiger partial charge in [-0.05, 0) is 63.2 Å². The molecule has 0 amide bonds. The first-order valence-electron chi connectivity index (χ1n) is 16.7. The van der Waals surface area contributed by atoms with E-state index in [1.165, 1.54) is 42.6 Å². The van der Waals surface area contributed by atoms with Gasteiger partial charge in [-0.25, -0.2) is 4.98 Å². The zero-order chi connectivity index (χ0) is 32.4. The smallest absolute Gasteiger partial charge is 0.179 e. The average Bonchev–Trinajstić information content (AvgIpc) is 3.72. The highest BCUT2D eigenvalue weighted by Gasteiger charge is 2.41. The van der Waals surface area contributed by atoms with Crippen molar-refractivity contribution in [2.75, 3.05) is 0 Å². The van der Waals surface area contributed by atoms with Gasteiger partial charge in [-0.3, -0.25) is 4.57 Å². The number of rotatable bonds is 5. The molecule has 7 aromatic carbocycles. The molecule has 0 spiro atoms. The van der Waals surface area contributed by atoms with Gasteiger partial charge in [0.1, 0.15) is 12.4 Å². The largest absolute Gasteiger partial charge is 0.483 e. The van der Waals surface area contributed by atoms with E-state index in [1.54, 1.807) is 0 Å². The van der Waals surface area contributed by atoms with E-state index in [0.717, 1.165) is 34.0 Å². The molecule has 10 rings (SSSR count). The fourth-order valence-corrected chi connectivity index (χ4v) is 12.8. The molecule has 1 aliphatic rings. The summed E-state index contributed by atoms with van der Waals surface area (Å²) in [4.78, 5) is 4.89. The lowest BCUT2D eigenvalue weighted by molar-refractivity contribution is 0.280. The number of ether oxygens (including phenoxy) is 1. The van der Waals surface area contributed by atoms with Crippen LogP contribution >= 0.6 is 0 Å². The van der Waals surface area contributed by atoms with E-state index < -0.39 is 8.07 Å². The van der Waals surface area contributed by atoms with Crippen LogP contribution in [0.1, 0.15) is 5.82 Å². The average molecular weight is 646 g/mol. The molecule has 0 saturated carbocycles. The Morgan fingerprint density at radius 3 is 1.76 bits per heavy atom. The summed E-state index contributed by atoms with van der Waals surface area (Å²) in [6.07, 6.45) is 0. The van der Waals surface area contributed by atoms with Crippen LogP contribution in [0.15, 0.2) is 176 Å². The van der Waals surface area contributed by atoms with Crippen molar-refractivity contribution in [3.63, 3.8) is 0 Å². The molecule has 5 heteroatoms. The maximum absolute atomic E-state index is 6.22. The van der Waals surface area contributed by atoms with Gasteiger partial charge < -0.3 is 9.30 Å². The highest BCUT2D eigenvalue weighted by atomic mass is 28.3. The van der Waals surface area contributed by atoms with E-state index >= 15 is 0 Å². The van der Waals surface area contributed by atoms with Gasteiger partial charge in [-0.15, -0.1) is 0 Å². The summed E-state index contributed by atoms with van der Waals surface area (Å²) in [6, 6.07) is 64.2. The molecule has 0 saturated heterocycles. The van der Waals surface area contributed by atoms with Gasteiger partial charge in [-0.1, -0.05) is 133 Å². The van der Waals surface area contributed by atoms with E-state index in [-0.39, 0.29) is 0 Å². The molecule has 0 N–H and O–H groups in total. The quantitative estimate of drug-likeness (QED) is 0.144. The zero-order valence-corrected chi connectivity index (χ0v) is 27.7. The predicted octanol–water partition coefficient (Wildman–Crippen LogP) is 7.39. The molecule has 0 unspecified atom stereocenters. The van der Waals surface area contributed by atoms with Crippen LogP contribution in [0.4, 0.5) is 0 Å². The second kappa shape index (κ2) is 10.9. The Hall–Kier alpha value is -6.17. The Morgan fingerprint density at radius 2 is 1.06 bits per heavy atom. The first-order valence-corrected chi connectivity index (χ1v) is 18.7. The molecule has 0 radical (unpaired) electrons. The number of aromatic nitrogens is 3. The summed E-state index contributed by atoms with van der Waals surface area (Å²) in [7, 11) is -2.69. The summed E-state index contributed by atoms with van der Waals surface area (Å²) < 4.78 is 10.9. The molecule has 2 aromatic heterocycles. The Kier molecular flexibility index (Phi) is 6.23. The highest BCUT2D eigenvalue weighted by molar-refractivity contribution is 7.20. The van der Waals surface area contributed by atoms with Gasteiger partial charge in [0.2, 0.25) is 0 Å². The van der Waals surface area contributed by atoms with E-state index in [1.807, 2.05) is 6.07 Å². The second-order valence-electron chi connectivity index (χ2n) is 12.7. The van der Waals surface area contributed by atoms with Crippen molar-refractivity contribution in [1.82, 2.24) is 14.1 Å². The Morgan fingerprint density at radius 1 is 0.469 bits per heavy atom. The summed E-state index contributed by atoms with van der Waals surface area (Å²) in [5.41, 5.74) is 6.52. The van der Waals surface area contributed by atoms with Crippen LogP contribution in [-0.2, 0) is 6.61 Å². The van der Waals surface area contributed by atoms with Gasteiger partial charge >= 0.3 is 0 Å². The number of benzene rings is 7. The summed E-state index contributed by atoms with van der Waals surface area (Å²) in [6.45, 7) is 0.453. The predicted molar refractivity (Wildman–Crippen MR) is 203 cm³/mol. The minimum Gasteiger partial charge on any atom is -0.483 e. The third-order valence-corrected chi connectivity index (χ3v) is 14.9. The number of imidazole rings is 1. The molecule has 232 valence electrons. The number of fused-ring (bicyclic) bond motifs is 8. The lowest BCUT2D eigenvalue weighted by atomic mass is 10.1. The van der Waals surface area contributed by atoms with E-state index in [9.17, 15) is 0 Å². The molecule has 3 heterocycles. The molecule has 0 atom stereocenters. The molecule has 1 aliphatic heterocycles. The number of hydrogen-bond acceptors (Lipinski definition) is 2. The fourth-order valence-electron chi connectivity index (χ4n) is 8.07. The Labute approximate surface area is 285 Å². The van der Waals surface area contributed by atoms with Gasteiger partial charge in [0.25, 0.3) is 0 Å². The summed E-state index contributed by atoms with van der Waals surface area (Å²) in [5.74, 6) is 1.79. The van der Waals surface area contributed by atoms with Crippen molar-refractivity contribution in [1.29, 1.82) is 0 Å². The van der Waals surface area contributed by atoms with Crippen molar-refractivity contribution in [3.8, 4) is 17.1 Å². The third-order valence-electron chi connectivity index (χ3n) is 10.2. The highest BCUT2D eigenvalue weighted by Crippen LogP contribution is 2.38. The van der Waals surface area contributed by atoms with Crippen LogP contribution in [-0.4, -0.2) is 22.2 Å². The molecule has 9 aromatic rings. The van der Waals surface area contributed by atoms with Crippen LogP contribution in [0.5, 0.6) is 5.75 Å². The Balaban J connectivity index is 1.24. The summed E-state index contributed by atoms with van der Waals surface area (Å²) >= 11 is 0. The van der Waals surface area contributed by atoms with Crippen LogP contribution < -0.4 is 25.5 Å². The van der Waals surface area contributed by atoms with Crippen molar-refractivity contribution in [2.45, 2.75) is 6.61 Å². The first kappa shape index (κ1) is 27.9. The molecule has 0 bridgehead atoms. The second-order valence-corrected chi connectivity index (χ2v) is 16.5. The number of hydrogen-bond donors (Lipinski definition) is 0. The normalized spacial score (nSPS) is 12.6. The lowest BCUT2D eigenvalue weighted by Crippen LogP contribution is -2.74. The third kappa shape index (κ3) is 4.12. The standard InChI is InChI=1S/C44H31N3OSi/c1-4-14-32(15-5-1)49(33-16-6-2-7-17-33,34-18-8-3-9-19-34)35-25-26-40-37(29-35)36-20-10-12-22-39(36)46(40)31-24-27-43-42(28-31)47-41-23-13-11-21-38(41)45-44(47)30-48-43/h1-29H,30H2. The molecule has 0 fully saturated rings. The maximum atomic E-state index is 6.22. The molecular formula is C44H31N3OSi. The number of para-hydroxylation sites is 3. The maximum Gasteiger partial charge on any atom is 0.179 e. The van der Waals surface area contributed by atoms with Gasteiger partial charge in [0.05, 0.1) is 27.8 Å². The van der Waals surface area contributed by atoms with Crippen molar-refractivity contribution >= 4 is 61.7 Å². The lowest BCUT2D eigenvalue weighted by Gasteiger charge is -2.34. The molecular weight excluding hydrogens is 615 g/mol. The molecule has 0 aliphatic carbocycles. The SMILES string of the molecule is c1ccc([Si](c2ccccc2)(c2ccccc2)c2ccc3c(c2)c2ccccc2n3-c2ccc3c(c2)-n2c(nc4ccccc42)CO3)cc1. The van der Waals surface area contributed by atoms with Crippen LogP contribution in [0.2, 0.25) is 0 Å². The van der Waals surface area contributed by atoms with E-state index in [2.05, 4.69) is 179 Å².